The molecule has 2 aromatic heterocycles. The zero-order valence-electron chi connectivity index (χ0n) is 17.4. The third-order valence-electron chi connectivity index (χ3n) is 4.82. The molecule has 0 fully saturated rings. The summed E-state index contributed by atoms with van der Waals surface area (Å²) in [7, 11) is 0. The predicted octanol–water partition coefficient (Wildman–Crippen LogP) is 2.39. The molecule has 158 valence electrons. The van der Waals surface area contributed by atoms with Crippen molar-refractivity contribution in [3.05, 3.63) is 82.4 Å². The van der Waals surface area contributed by atoms with Gasteiger partial charge in [0.25, 0.3) is 11.5 Å². The van der Waals surface area contributed by atoms with E-state index in [2.05, 4.69) is 15.5 Å². The van der Waals surface area contributed by atoms with E-state index in [0.29, 0.717) is 11.6 Å². The van der Waals surface area contributed by atoms with Crippen molar-refractivity contribution in [2.24, 2.45) is 0 Å². The van der Waals surface area contributed by atoms with Crippen molar-refractivity contribution in [3.63, 3.8) is 0 Å². The van der Waals surface area contributed by atoms with Crippen LogP contribution in [0.4, 0.5) is 0 Å². The van der Waals surface area contributed by atoms with Gasteiger partial charge in [0.1, 0.15) is 5.75 Å². The summed E-state index contributed by atoms with van der Waals surface area (Å²) in [5, 5.41) is 13.7. The zero-order chi connectivity index (χ0) is 21.8. The van der Waals surface area contributed by atoms with E-state index < -0.39 is 0 Å². The number of amides is 1. The number of aryl methyl sites for hydroxylation is 2. The van der Waals surface area contributed by atoms with Gasteiger partial charge in [-0.25, -0.2) is 9.36 Å². The van der Waals surface area contributed by atoms with Gasteiger partial charge in [-0.05, 0) is 48.9 Å². The number of aromatic nitrogens is 4. The lowest BCUT2D eigenvalue weighted by molar-refractivity contribution is -0.123. The average molecular weight is 417 g/mol. The number of nitrogens with one attached hydrogen (secondary N) is 1. The second-order valence-electron chi connectivity index (χ2n) is 7.24. The summed E-state index contributed by atoms with van der Waals surface area (Å²) in [6.45, 7) is 4.22. The quantitative estimate of drug-likeness (QED) is 0.499. The van der Waals surface area contributed by atoms with Gasteiger partial charge in [0.05, 0.1) is 12.2 Å². The van der Waals surface area contributed by atoms with Crippen LogP contribution in [0.15, 0.2) is 65.5 Å². The molecule has 0 spiro atoms. The molecule has 0 aliphatic heterocycles. The molecule has 2 aromatic carbocycles. The van der Waals surface area contributed by atoms with Crippen LogP contribution < -0.4 is 15.6 Å². The molecule has 0 bridgehead atoms. The molecule has 0 aliphatic carbocycles. The van der Waals surface area contributed by atoms with Crippen molar-refractivity contribution in [1.29, 1.82) is 0 Å². The van der Waals surface area contributed by atoms with Crippen molar-refractivity contribution < 1.29 is 9.53 Å². The molecule has 8 nitrogen and oxygen atoms in total. The molecule has 0 unspecified atom stereocenters. The van der Waals surface area contributed by atoms with Crippen molar-refractivity contribution in [1.82, 2.24) is 24.9 Å². The molecule has 4 rings (SSSR count). The molecule has 1 N–H and O–H groups in total. The highest BCUT2D eigenvalue weighted by atomic mass is 16.5. The molecule has 0 atom stereocenters. The number of nitrogens with zero attached hydrogens (tertiary/aromatic N) is 4. The Morgan fingerprint density at radius 1 is 1.00 bits per heavy atom. The maximum atomic E-state index is 12.1. The van der Waals surface area contributed by atoms with E-state index in [9.17, 15) is 9.59 Å². The normalized spacial score (nSPS) is 10.9. The summed E-state index contributed by atoms with van der Waals surface area (Å²) in [4.78, 5) is 24.3. The van der Waals surface area contributed by atoms with E-state index in [0.717, 1.165) is 22.2 Å². The van der Waals surface area contributed by atoms with Crippen LogP contribution in [0.5, 0.6) is 5.75 Å². The summed E-state index contributed by atoms with van der Waals surface area (Å²) >= 11 is 0. The smallest absolute Gasteiger partial charge is 0.266 e. The lowest BCUT2D eigenvalue weighted by Gasteiger charge is -2.10. The van der Waals surface area contributed by atoms with E-state index in [1.165, 1.54) is 10.7 Å². The summed E-state index contributed by atoms with van der Waals surface area (Å²) in [6.07, 6.45) is 0. The Morgan fingerprint density at radius 2 is 1.81 bits per heavy atom. The lowest BCUT2D eigenvalue weighted by Crippen LogP contribution is -2.34. The van der Waals surface area contributed by atoms with E-state index in [1.54, 1.807) is 10.7 Å². The Morgan fingerprint density at radius 3 is 2.58 bits per heavy atom. The molecule has 1 amide bonds. The maximum absolute atomic E-state index is 12.1. The highest BCUT2D eigenvalue weighted by Gasteiger charge is 2.08. The second kappa shape index (κ2) is 8.83. The first kappa shape index (κ1) is 20.3. The largest absolute Gasteiger partial charge is 0.484 e. The lowest BCUT2D eigenvalue weighted by atomic mass is 10.1. The molecule has 0 saturated carbocycles. The number of carbonyl (C=O) groups is 1. The molecular weight excluding hydrogens is 394 g/mol. The van der Waals surface area contributed by atoms with Crippen LogP contribution in [-0.4, -0.2) is 38.6 Å². The van der Waals surface area contributed by atoms with Crippen LogP contribution in [0.1, 0.15) is 11.4 Å². The van der Waals surface area contributed by atoms with Crippen molar-refractivity contribution >= 4 is 16.7 Å². The fourth-order valence-electron chi connectivity index (χ4n) is 3.33. The van der Waals surface area contributed by atoms with Gasteiger partial charge in [0.2, 0.25) is 0 Å². The Balaban J connectivity index is 1.32. The Bertz CT molecular complexity index is 1290. The monoisotopic (exact) mass is 417 g/mol. The topological polar surface area (TPSA) is 91.0 Å². The first-order valence-electron chi connectivity index (χ1n) is 10.00. The zero-order valence-corrected chi connectivity index (χ0v) is 17.4. The van der Waals surface area contributed by atoms with E-state index in [1.807, 2.05) is 62.4 Å². The Kier molecular flexibility index (Phi) is 5.79. The Labute approximate surface area is 179 Å². The number of benzene rings is 2. The number of rotatable bonds is 7. The fraction of sp³-hybridized carbons (Fsp3) is 0.217. The Hall–Kier alpha value is -3.94. The SMILES string of the molecule is Cc1cc(C)n(-c2ccc(=O)n(CCNC(=O)COc3ccc4ccccc4c3)n2)n1. The molecule has 4 aromatic rings. The third kappa shape index (κ3) is 4.80. The van der Waals surface area contributed by atoms with Gasteiger partial charge in [0, 0.05) is 18.3 Å². The highest BCUT2D eigenvalue weighted by Crippen LogP contribution is 2.20. The molecule has 8 heteroatoms. The van der Waals surface area contributed by atoms with Crippen molar-refractivity contribution in [3.8, 4) is 11.6 Å². The summed E-state index contributed by atoms with van der Waals surface area (Å²) in [6, 6.07) is 18.7. The third-order valence-corrected chi connectivity index (χ3v) is 4.82. The first-order chi connectivity index (χ1) is 15.0. The van der Waals surface area contributed by atoms with Crippen LogP contribution in [0.3, 0.4) is 0 Å². The van der Waals surface area contributed by atoms with Gasteiger partial charge >= 0.3 is 0 Å². The number of ether oxygens (including phenoxy) is 1. The van der Waals surface area contributed by atoms with Gasteiger partial charge in [0.15, 0.2) is 12.4 Å². The minimum absolute atomic E-state index is 0.105. The predicted molar refractivity (Wildman–Crippen MR) is 118 cm³/mol. The molecule has 0 saturated heterocycles. The standard InChI is InChI=1S/C23H23N5O3/c1-16-13-17(2)28(25-16)21-9-10-23(30)27(26-21)12-11-24-22(29)15-31-20-8-7-18-5-3-4-6-19(18)14-20/h3-10,13-14H,11-12,15H2,1-2H3,(H,24,29). The molecule has 0 radical (unpaired) electrons. The molecular formula is C23H23N5O3. The molecule has 2 heterocycles. The minimum Gasteiger partial charge on any atom is -0.484 e. The number of hydrogen-bond acceptors (Lipinski definition) is 5. The molecule has 0 aliphatic rings. The number of hydrogen-bond donors (Lipinski definition) is 1. The van der Waals surface area contributed by atoms with Crippen LogP contribution >= 0.6 is 0 Å². The second-order valence-corrected chi connectivity index (χ2v) is 7.24. The van der Waals surface area contributed by atoms with Gasteiger partial charge in [-0.1, -0.05) is 30.3 Å². The van der Waals surface area contributed by atoms with Gasteiger partial charge in [-0.3, -0.25) is 9.59 Å². The van der Waals surface area contributed by atoms with Gasteiger partial charge < -0.3 is 10.1 Å². The van der Waals surface area contributed by atoms with E-state index >= 15 is 0 Å². The number of carbonyl (C=O) groups excluding carboxylic acids is 1. The van der Waals surface area contributed by atoms with E-state index in [4.69, 9.17) is 4.74 Å². The fourth-order valence-corrected chi connectivity index (χ4v) is 3.33. The summed E-state index contributed by atoms with van der Waals surface area (Å²) in [5.41, 5.74) is 1.55. The van der Waals surface area contributed by atoms with Crippen LogP contribution in [0.2, 0.25) is 0 Å². The van der Waals surface area contributed by atoms with Gasteiger partial charge in [-0.2, -0.15) is 5.10 Å². The van der Waals surface area contributed by atoms with Crippen LogP contribution in [-0.2, 0) is 11.3 Å². The summed E-state index contributed by atoms with van der Waals surface area (Å²) < 4.78 is 8.58. The van der Waals surface area contributed by atoms with E-state index in [-0.39, 0.29) is 31.2 Å². The highest BCUT2D eigenvalue weighted by molar-refractivity contribution is 5.84. The number of fused-ring (bicyclic) bond motifs is 1. The van der Waals surface area contributed by atoms with Crippen LogP contribution in [0.25, 0.3) is 16.6 Å². The average Bonchev–Trinajstić information content (AvgIpc) is 3.11. The maximum Gasteiger partial charge on any atom is 0.266 e. The van der Waals surface area contributed by atoms with Crippen molar-refractivity contribution in [2.45, 2.75) is 20.4 Å². The van der Waals surface area contributed by atoms with Gasteiger partial charge in [-0.15, -0.1) is 5.10 Å². The van der Waals surface area contributed by atoms with Crippen LogP contribution in [0, 0.1) is 13.8 Å². The summed E-state index contributed by atoms with van der Waals surface area (Å²) in [5.74, 6) is 0.913. The van der Waals surface area contributed by atoms with Crippen molar-refractivity contribution in [2.75, 3.05) is 13.2 Å². The first-order valence-corrected chi connectivity index (χ1v) is 10.00. The molecule has 31 heavy (non-hydrogen) atoms. The minimum atomic E-state index is -0.268.